The van der Waals surface area contributed by atoms with Crippen LogP contribution in [0.15, 0.2) is 0 Å². The molecule has 2 amide bonds. The Morgan fingerprint density at radius 3 is 2.48 bits per heavy atom. The van der Waals surface area contributed by atoms with E-state index in [1.54, 1.807) is 0 Å². The van der Waals surface area contributed by atoms with Crippen LogP contribution >= 0.6 is 0 Å². The molecule has 0 aromatic carbocycles. The van der Waals surface area contributed by atoms with Crippen LogP contribution in [-0.2, 0) is 19.1 Å². The fourth-order valence-corrected chi connectivity index (χ4v) is 3.19. The number of unbranched alkanes of at least 4 members (excludes halogenated alkanes) is 1. The standard InChI is InChI=1S/C19H34F2N4O8/c1-10(17(31)24-7-15(28)29)25-18(32)11(22)4-2-3-5-23-9-19(20,21)14-6-12(27)16(30)13(8-26)33-14/h10-14,16,23,26-27,30H,2-9,22H2,1H3,(H,24,31)(H,25,32)(H,28,29). The van der Waals surface area contributed by atoms with Crippen LogP contribution in [0, 0.1) is 0 Å². The maximum atomic E-state index is 14.3. The van der Waals surface area contributed by atoms with Crippen LogP contribution < -0.4 is 21.7 Å². The highest BCUT2D eigenvalue weighted by molar-refractivity contribution is 5.90. The highest BCUT2D eigenvalue weighted by Gasteiger charge is 2.48. The molecule has 192 valence electrons. The van der Waals surface area contributed by atoms with E-state index < -0.39 is 86.3 Å². The number of aliphatic hydroxyl groups excluding tert-OH is 3. The summed E-state index contributed by atoms with van der Waals surface area (Å²) in [6, 6.07) is -1.90. The molecule has 0 radical (unpaired) electrons. The van der Waals surface area contributed by atoms with Gasteiger partial charge in [0.2, 0.25) is 11.8 Å². The first-order chi connectivity index (χ1) is 15.4. The van der Waals surface area contributed by atoms with Crippen LogP contribution in [0.4, 0.5) is 8.78 Å². The van der Waals surface area contributed by atoms with Crippen molar-refractivity contribution in [1.82, 2.24) is 16.0 Å². The Morgan fingerprint density at radius 2 is 1.88 bits per heavy atom. The molecule has 0 spiro atoms. The Labute approximate surface area is 189 Å². The smallest absolute Gasteiger partial charge is 0.322 e. The molecular weight excluding hydrogens is 450 g/mol. The zero-order chi connectivity index (χ0) is 25.2. The molecule has 1 aliphatic rings. The molecule has 1 fully saturated rings. The van der Waals surface area contributed by atoms with Crippen molar-refractivity contribution in [2.45, 2.75) is 75.0 Å². The average Bonchev–Trinajstić information content (AvgIpc) is 2.75. The number of alkyl halides is 2. The van der Waals surface area contributed by atoms with Gasteiger partial charge in [0.15, 0.2) is 0 Å². The molecule has 0 aromatic heterocycles. The fourth-order valence-electron chi connectivity index (χ4n) is 3.19. The molecule has 0 aromatic rings. The lowest BCUT2D eigenvalue weighted by Gasteiger charge is -2.39. The lowest BCUT2D eigenvalue weighted by atomic mass is 9.94. The maximum Gasteiger partial charge on any atom is 0.322 e. The molecule has 1 heterocycles. The average molecular weight is 484 g/mol. The summed E-state index contributed by atoms with van der Waals surface area (Å²) in [5.41, 5.74) is 5.76. The monoisotopic (exact) mass is 484 g/mol. The number of carboxylic acid groups (broad SMARTS) is 1. The SMILES string of the molecule is CC(NC(=O)C(N)CCCCNCC(F)(F)C1CC(O)C(O)C(CO)O1)C(=O)NCC(=O)O. The number of nitrogens with two attached hydrogens (primary N) is 1. The first-order valence-corrected chi connectivity index (χ1v) is 10.7. The fraction of sp³-hybridized carbons (Fsp3) is 0.842. The van der Waals surface area contributed by atoms with Crippen LogP contribution in [0.1, 0.15) is 32.6 Å². The van der Waals surface area contributed by atoms with Gasteiger partial charge in [0.05, 0.1) is 25.3 Å². The number of rotatable bonds is 14. The number of amides is 2. The predicted molar refractivity (Wildman–Crippen MR) is 110 cm³/mol. The van der Waals surface area contributed by atoms with Gasteiger partial charge in [-0.3, -0.25) is 14.4 Å². The number of halogens is 2. The molecule has 9 N–H and O–H groups in total. The largest absolute Gasteiger partial charge is 0.480 e. The predicted octanol–water partition coefficient (Wildman–Crippen LogP) is -2.71. The summed E-state index contributed by atoms with van der Waals surface area (Å²) in [7, 11) is 0. The summed E-state index contributed by atoms with van der Waals surface area (Å²) in [5, 5.41) is 44.0. The van der Waals surface area contributed by atoms with Crippen LogP contribution in [0.2, 0.25) is 0 Å². The van der Waals surface area contributed by atoms with Gasteiger partial charge in [-0.15, -0.1) is 0 Å². The number of hydrogen-bond donors (Lipinski definition) is 8. The van der Waals surface area contributed by atoms with Crippen molar-refractivity contribution in [3.63, 3.8) is 0 Å². The van der Waals surface area contributed by atoms with Crippen molar-refractivity contribution < 1.29 is 48.3 Å². The Morgan fingerprint density at radius 1 is 1.21 bits per heavy atom. The zero-order valence-electron chi connectivity index (χ0n) is 18.4. The highest BCUT2D eigenvalue weighted by Crippen LogP contribution is 2.31. The van der Waals surface area contributed by atoms with E-state index in [1.807, 2.05) is 0 Å². The van der Waals surface area contributed by atoms with Gasteiger partial charge in [0.1, 0.15) is 30.9 Å². The number of aliphatic hydroxyl groups is 3. The van der Waals surface area contributed by atoms with Crippen molar-refractivity contribution in [3.05, 3.63) is 0 Å². The number of carboxylic acids is 1. The van der Waals surface area contributed by atoms with E-state index in [1.165, 1.54) is 6.92 Å². The molecule has 1 rings (SSSR count). The minimum Gasteiger partial charge on any atom is -0.480 e. The van der Waals surface area contributed by atoms with Crippen LogP contribution in [0.25, 0.3) is 0 Å². The lowest BCUT2D eigenvalue weighted by molar-refractivity contribution is -0.237. The number of hydrogen-bond acceptors (Lipinski definition) is 9. The van der Waals surface area contributed by atoms with E-state index in [4.69, 9.17) is 20.7 Å². The third-order valence-corrected chi connectivity index (χ3v) is 5.20. The molecule has 6 unspecified atom stereocenters. The van der Waals surface area contributed by atoms with Gasteiger partial charge < -0.3 is 46.8 Å². The number of aliphatic carboxylic acids is 1. The molecule has 0 bridgehead atoms. The third-order valence-electron chi connectivity index (χ3n) is 5.20. The molecule has 0 aliphatic carbocycles. The van der Waals surface area contributed by atoms with Gasteiger partial charge in [-0.1, -0.05) is 6.42 Å². The van der Waals surface area contributed by atoms with Crippen molar-refractivity contribution in [3.8, 4) is 0 Å². The van der Waals surface area contributed by atoms with E-state index in [-0.39, 0.29) is 13.0 Å². The first-order valence-electron chi connectivity index (χ1n) is 10.7. The lowest BCUT2D eigenvalue weighted by Crippen LogP contribution is -2.56. The second-order valence-electron chi connectivity index (χ2n) is 8.02. The summed E-state index contributed by atoms with van der Waals surface area (Å²) in [6.45, 7) is -0.440. The molecule has 1 saturated heterocycles. The summed E-state index contributed by atoms with van der Waals surface area (Å²) in [6.07, 6.45) is -5.17. The Hall–Kier alpha value is -1.97. The highest BCUT2D eigenvalue weighted by atomic mass is 19.3. The Bertz CT molecular complexity index is 657. The van der Waals surface area contributed by atoms with Crippen molar-refractivity contribution in [2.24, 2.45) is 5.73 Å². The van der Waals surface area contributed by atoms with Crippen LogP contribution in [0.3, 0.4) is 0 Å². The maximum absolute atomic E-state index is 14.3. The Kier molecular flexibility index (Phi) is 12.0. The zero-order valence-corrected chi connectivity index (χ0v) is 18.4. The summed E-state index contributed by atoms with van der Waals surface area (Å²) in [4.78, 5) is 34.1. The van der Waals surface area contributed by atoms with E-state index in [0.29, 0.717) is 12.8 Å². The number of carbonyl (C=O) groups excluding carboxylic acids is 2. The minimum absolute atomic E-state index is 0.194. The van der Waals surface area contributed by atoms with Crippen LogP contribution in [-0.4, -0.2) is 107 Å². The van der Waals surface area contributed by atoms with Crippen molar-refractivity contribution in [1.29, 1.82) is 0 Å². The summed E-state index contributed by atoms with van der Waals surface area (Å²) >= 11 is 0. The molecule has 14 heteroatoms. The topological polar surface area (TPSA) is 203 Å². The van der Waals surface area contributed by atoms with Gasteiger partial charge >= 0.3 is 5.97 Å². The van der Waals surface area contributed by atoms with Gasteiger partial charge in [-0.05, 0) is 26.3 Å². The first kappa shape index (κ1) is 29.1. The van der Waals surface area contributed by atoms with Crippen LogP contribution in [0.5, 0.6) is 0 Å². The van der Waals surface area contributed by atoms with Gasteiger partial charge in [0, 0.05) is 6.42 Å². The molecule has 12 nitrogen and oxygen atoms in total. The number of carbonyl (C=O) groups is 3. The molecular formula is C19H34F2N4O8. The Balaban J connectivity index is 2.27. The molecule has 6 atom stereocenters. The quantitative estimate of drug-likeness (QED) is 0.120. The van der Waals surface area contributed by atoms with E-state index in [0.717, 1.165) is 0 Å². The van der Waals surface area contributed by atoms with Gasteiger partial charge in [0.25, 0.3) is 5.92 Å². The molecule has 1 aliphatic heterocycles. The summed E-state index contributed by atoms with van der Waals surface area (Å²) in [5.74, 6) is -5.83. The second-order valence-corrected chi connectivity index (χ2v) is 8.02. The third kappa shape index (κ3) is 9.81. The second kappa shape index (κ2) is 13.7. The normalized spacial score (nSPS) is 25.2. The van der Waals surface area contributed by atoms with E-state index >= 15 is 0 Å². The van der Waals surface area contributed by atoms with Crippen molar-refractivity contribution in [2.75, 3.05) is 26.2 Å². The van der Waals surface area contributed by atoms with Gasteiger partial charge in [-0.2, -0.15) is 0 Å². The number of nitrogens with one attached hydrogen (secondary N) is 3. The minimum atomic E-state index is -3.35. The summed E-state index contributed by atoms with van der Waals surface area (Å²) < 4.78 is 33.7. The molecule has 0 saturated carbocycles. The van der Waals surface area contributed by atoms with E-state index in [9.17, 15) is 33.4 Å². The van der Waals surface area contributed by atoms with Gasteiger partial charge in [-0.25, -0.2) is 8.78 Å². The number of ether oxygens (including phenoxy) is 1. The van der Waals surface area contributed by atoms with E-state index in [2.05, 4.69) is 16.0 Å². The van der Waals surface area contributed by atoms with Crippen molar-refractivity contribution >= 4 is 17.8 Å². The molecule has 33 heavy (non-hydrogen) atoms.